The van der Waals surface area contributed by atoms with Crippen molar-refractivity contribution in [3.05, 3.63) is 12.3 Å². The van der Waals surface area contributed by atoms with Gasteiger partial charge in [-0.05, 0) is 19.3 Å². The lowest BCUT2D eigenvalue weighted by atomic mass is 10.2. The van der Waals surface area contributed by atoms with Gasteiger partial charge in [-0.15, -0.1) is 0 Å². The second kappa shape index (κ2) is 5.03. The lowest BCUT2D eigenvalue weighted by Gasteiger charge is -2.15. The maximum Gasteiger partial charge on any atom is 0.124 e. The Morgan fingerprint density at radius 1 is 1.43 bits per heavy atom. The fourth-order valence-corrected chi connectivity index (χ4v) is 1.30. The van der Waals surface area contributed by atoms with Crippen LogP contribution in [0.2, 0.25) is 0 Å². The normalized spacial score (nSPS) is 13.2. The summed E-state index contributed by atoms with van der Waals surface area (Å²) >= 11 is 0. The molecule has 0 amide bonds. The highest BCUT2D eigenvalue weighted by molar-refractivity contribution is 5.34. The molecule has 3 nitrogen and oxygen atoms in total. The van der Waals surface area contributed by atoms with Gasteiger partial charge in [-0.3, -0.25) is 0 Å². The highest BCUT2D eigenvalue weighted by Gasteiger charge is 2.05. The van der Waals surface area contributed by atoms with E-state index < -0.39 is 0 Å². The number of aromatic nitrogens is 2. The van der Waals surface area contributed by atoms with Gasteiger partial charge in [0.2, 0.25) is 0 Å². The van der Waals surface area contributed by atoms with Gasteiger partial charge in [-0.1, -0.05) is 20.8 Å². The molecule has 1 aromatic heterocycles. The largest absolute Gasteiger partial charge is 0.368 e. The van der Waals surface area contributed by atoms with E-state index in [1.165, 1.54) is 0 Å². The van der Waals surface area contributed by atoms with E-state index in [1.807, 2.05) is 16.9 Å². The van der Waals surface area contributed by atoms with E-state index in [1.54, 1.807) is 0 Å². The van der Waals surface area contributed by atoms with Crippen LogP contribution < -0.4 is 5.32 Å². The minimum absolute atomic E-state index is 0.512. The van der Waals surface area contributed by atoms with Crippen LogP contribution in [0.5, 0.6) is 0 Å². The predicted octanol–water partition coefficient (Wildman–Crippen LogP) is 2.75. The Balaban J connectivity index is 2.62. The second-order valence-corrected chi connectivity index (χ2v) is 4.25. The van der Waals surface area contributed by atoms with Gasteiger partial charge in [0, 0.05) is 18.7 Å². The smallest absolute Gasteiger partial charge is 0.124 e. The number of hydrogen-bond donors (Lipinski definition) is 1. The fourth-order valence-electron chi connectivity index (χ4n) is 1.30. The Morgan fingerprint density at radius 3 is 2.71 bits per heavy atom. The molecule has 0 aliphatic heterocycles. The first-order valence-electron chi connectivity index (χ1n) is 5.41. The highest BCUT2D eigenvalue weighted by Crippen LogP contribution is 2.11. The molecule has 0 saturated carbocycles. The van der Waals surface area contributed by atoms with Gasteiger partial charge in [0.25, 0.3) is 0 Å². The summed E-state index contributed by atoms with van der Waals surface area (Å²) in [5, 5.41) is 7.74. The zero-order chi connectivity index (χ0) is 10.6. The van der Waals surface area contributed by atoms with Crippen LogP contribution in [0, 0.1) is 5.92 Å². The number of rotatable bonds is 5. The Bertz CT molecular complexity index is 265. The van der Waals surface area contributed by atoms with Crippen LogP contribution in [0.4, 0.5) is 5.82 Å². The molecule has 1 rings (SSSR count). The molecule has 3 heteroatoms. The summed E-state index contributed by atoms with van der Waals surface area (Å²) in [7, 11) is 0. The maximum absolute atomic E-state index is 4.30. The monoisotopic (exact) mass is 195 g/mol. The molecule has 0 aliphatic rings. The topological polar surface area (TPSA) is 29.9 Å². The Hall–Kier alpha value is -0.990. The second-order valence-electron chi connectivity index (χ2n) is 4.25. The van der Waals surface area contributed by atoms with Crippen LogP contribution in [-0.2, 0) is 6.54 Å². The molecule has 1 N–H and O–H groups in total. The van der Waals surface area contributed by atoms with E-state index in [2.05, 4.69) is 38.1 Å². The van der Waals surface area contributed by atoms with E-state index in [9.17, 15) is 0 Å². The Kier molecular flexibility index (Phi) is 3.98. The van der Waals surface area contributed by atoms with Gasteiger partial charge in [0.15, 0.2) is 0 Å². The molecule has 1 atom stereocenters. The fraction of sp³-hybridized carbons (Fsp3) is 0.727. The van der Waals surface area contributed by atoms with Crippen molar-refractivity contribution in [1.29, 1.82) is 0 Å². The van der Waals surface area contributed by atoms with Crippen LogP contribution in [0.15, 0.2) is 12.3 Å². The molecule has 0 aromatic carbocycles. The first kappa shape index (κ1) is 11.1. The standard InChI is InChI=1S/C11H21N3/c1-5-10(4)13-11-6-7-12-14(11)8-9(2)3/h6-7,9-10,13H,5,8H2,1-4H3. The quantitative estimate of drug-likeness (QED) is 0.783. The van der Waals surface area contributed by atoms with Gasteiger partial charge in [-0.25, -0.2) is 4.68 Å². The molecule has 0 spiro atoms. The van der Waals surface area contributed by atoms with Gasteiger partial charge in [0.1, 0.15) is 5.82 Å². The number of nitrogens with zero attached hydrogens (tertiary/aromatic N) is 2. The minimum Gasteiger partial charge on any atom is -0.368 e. The van der Waals surface area contributed by atoms with Gasteiger partial charge >= 0.3 is 0 Å². The van der Waals surface area contributed by atoms with Crippen molar-refractivity contribution < 1.29 is 0 Å². The molecule has 0 radical (unpaired) electrons. The van der Waals surface area contributed by atoms with Crippen molar-refractivity contribution in [3.8, 4) is 0 Å². The van der Waals surface area contributed by atoms with E-state index >= 15 is 0 Å². The highest BCUT2D eigenvalue weighted by atomic mass is 15.3. The van der Waals surface area contributed by atoms with Crippen molar-refractivity contribution in [3.63, 3.8) is 0 Å². The van der Waals surface area contributed by atoms with Gasteiger partial charge < -0.3 is 5.32 Å². The van der Waals surface area contributed by atoms with E-state index in [4.69, 9.17) is 0 Å². The van der Waals surface area contributed by atoms with Crippen molar-refractivity contribution in [2.24, 2.45) is 5.92 Å². The summed E-state index contributed by atoms with van der Waals surface area (Å²) < 4.78 is 2.04. The number of nitrogens with one attached hydrogen (secondary N) is 1. The Labute approximate surface area is 86.5 Å². The summed E-state index contributed by atoms with van der Waals surface area (Å²) in [5.74, 6) is 1.76. The first-order chi connectivity index (χ1) is 6.63. The van der Waals surface area contributed by atoms with E-state index in [0.717, 1.165) is 18.8 Å². The number of anilines is 1. The summed E-state index contributed by atoms with van der Waals surface area (Å²) in [4.78, 5) is 0. The van der Waals surface area contributed by atoms with Crippen LogP contribution in [0.1, 0.15) is 34.1 Å². The molecular formula is C11H21N3. The summed E-state index contributed by atoms with van der Waals surface area (Å²) in [6.45, 7) is 9.75. The Morgan fingerprint density at radius 2 is 2.14 bits per heavy atom. The SMILES string of the molecule is CCC(C)Nc1ccnn1CC(C)C. The van der Waals surface area contributed by atoms with Gasteiger partial charge in [-0.2, -0.15) is 5.10 Å². The minimum atomic E-state index is 0.512. The average molecular weight is 195 g/mol. The van der Waals surface area contributed by atoms with Crippen molar-refractivity contribution in [2.45, 2.75) is 46.7 Å². The predicted molar refractivity (Wildman–Crippen MR) is 60.4 cm³/mol. The molecule has 1 unspecified atom stereocenters. The lowest BCUT2D eigenvalue weighted by molar-refractivity contribution is 0.485. The molecule has 1 heterocycles. The molecule has 1 aromatic rings. The number of hydrogen-bond acceptors (Lipinski definition) is 2. The molecule has 80 valence electrons. The summed E-state index contributed by atoms with van der Waals surface area (Å²) in [5.41, 5.74) is 0. The zero-order valence-electron chi connectivity index (χ0n) is 9.62. The van der Waals surface area contributed by atoms with Crippen LogP contribution in [0.25, 0.3) is 0 Å². The lowest BCUT2D eigenvalue weighted by Crippen LogP contribution is -2.18. The first-order valence-corrected chi connectivity index (χ1v) is 5.41. The third-order valence-corrected chi connectivity index (χ3v) is 2.26. The summed E-state index contributed by atoms with van der Waals surface area (Å²) in [6, 6.07) is 2.55. The molecule has 0 fully saturated rings. The molecular weight excluding hydrogens is 174 g/mol. The van der Waals surface area contributed by atoms with E-state index in [-0.39, 0.29) is 0 Å². The van der Waals surface area contributed by atoms with Crippen LogP contribution in [-0.4, -0.2) is 15.8 Å². The molecule has 0 bridgehead atoms. The summed E-state index contributed by atoms with van der Waals surface area (Å²) in [6.07, 6.45) is 2.99. The van der Waals surface area contributed by atoms with Crippen molar-refractivity contribution in [2.75, 3.05) is 5.32 Å². The van der Waals surface area contributed by atoms with Crippen molar-refractivity contribution in [1.82, 2.24) is 9.78 Å². The molecule has 14 heavy (non-hydrogen) atoms. The van der Waals surface area contributed by atoms with Gasteiger partial charge in [0.05, 0.1) is 6.20 Å². The third-order valence-electron chi connectivity index (χ3n) is 2.26. The molecule has 0 saturated heterocycles. The van der Waals surface area contributed by atoms with E-state index in [0.29, 0.717) is 12.0 Å². The zero-order valence-corrected chi connectivity index (χ0v) is 9.62. The van der Waals surface area contributed by atoms with Crippen LogP contribution >= 0.6 is 0 Å². The van der Waals surface area contributed by atoms with Crippen LogP contribution in [0.3, 0.4) is 0 Å². The third kappa shape index (κ3) is 3.05. The van der Waals surface area contributed by atoms with Crippen molar-refractivity contribution >= 4 is 5.82 Å². The average Bonchev–Trinajstić information content (AvgIpc) is 2.52. The molecule has 0 aliphatic carbocycles. The maximum atomic E-state index is 4.30.